The summed E-state index contributed by atoms with van der Waals surface area (Å²) in [5.74, 6) is 0.945. The number of aryl methyl sites for hydroxylation is 1. The maximum Gasteiger partial charge on any atom is 0.213 e. The number of piperidine rings is 1. The lowest BCUT2D eigenvalue weighted by Gasteiger charge is -2.43. The zero-order valence-electron chi connectivity index (χ0n) is 18.6. The molecule has 1 aromatic carbocycles. The number of aromatic nitrogens is 6. The Morgan fingerprint density at radius 2 is 1.97 bits per heavy atom. The summed E-state index contributed by atoms with van der Waals surface area (Å²) in [7, 11) is 1.90. The van der Waals surface area contributed by atoms with Gasteiger partial charge < -0.3 is 15.6 Å². The van der Waals surface area contributed by atoms with Crippen LogP contribution >= 0.6 is 11.6 Å². The Morgan fingerprint density at radius 1 is 1.18 bits per heavy atom. The third kappa shape index (κ3) is 2.71. The van der Waals surface area contributed by atoms with E-state index in [-0.39, 0.29) is 5.54 Å². The van der Waals surface area contributed by atoms with Crippen LogP contribution in [0.5, 0.6) is 0 Å². The summed E-state index contributed by atoms with van der Waals surface area (Å²) in [5.41, 5.74) is 11.0. The highest BCUT2D eigenvalue weighted by Gasteiger charge is 2.45. The monoisotopic (exact) mass is 460 g/mol. The molecule has 6 heterocycles. The molecule has 4 aromatic heterocycles. The first-order chi connectivity index (χ1) is 15.9. The summed E-state index contributed by atoms with van der Waals surface area (Å²) >= 11 is 6.86. The Morgan fingerprint density at radius 3 is 2.76 bits per heavy atom. The van der Waals surface area contributed by atoms with Crippen molar-refractivity contribution in [3.63, 3.8) is 0 Å². The number of imidazole rings is 1. The first-order valence-electron chi connectivity index (χ1n) is 11.4. The van der Waals surface area contributed by atoms with Crippen molar-refractivity contribution in [2.24, 2.45) is 12.8 Å². The average Bonchev–Trinajstić information content (AvgIpc) is 3.52. The Kier molecular flexibility index (Phi) is 3.81. The third-order valence-electron chi connectivity index (χ3n) is 7.43. The molecule has 7 rings (SSSR count). The number of anilines is 1. The van der Waals surface area contributed by atoms with Gasteiger partial charge in [-0.2, -0.15) is 10.1 Å². The summed E-state index contributed by atoms with van der Waals surface area (Å²) in [6.45, 7) is 2.18. The van der Waals surface area contributed by atoms with Crippen molar-refractivity contribution in [1.29, 1.82) is 0 Å². The number of nitrogens with one attached hydrogen (secondary N) is 1. The van der Waals surface area contributed by atoms with Crippen LogP contribution in [0, 0.1) is 0 Å². The van der Waals surface area contributed by atoms with Crippen LogP contribution in [0.3, 0.4) is 0 Å². The van der Waals surface area contributed by atoms with E-state index >= 15 is 0 Å². The van der Waals surface area contributed by atoms with Crippen LogP contribution in [-0.2, 0) is 7.05 Å². The molecule has 0 aliphatic carbocycles. The quantitative estimate of drug-likeness (QED) is 0.410. The van der Waals surface area contributed by atoms with Crippen LogP contribution in [0.25, 0.3) is 38.7 Å². The van der Waals surface area contributed by atoms with Crippen molar-refractivity contribution in [1.82, 2.24) is 29.1 Å². The van der Waals surface area contributed by atoms with Crippen molar-refractivity contribution in [2.75, 3.05) is 4.90 Å². The number of hydrogen-bond acceptors (Lipinski definition) is 5. The SMILES string of the molecule is Cn1cc2c(Cl)c(-c3c[nH]c4nc(N5[C@@H]6CC[C@H]5CC(C)(N)C6)n5ccnc5c34)ccc2n1. The molecule has 0 amide bonds. The molecule has 2 saturated heterocycles. The Balaban J connectivity index is 1.43. The lowest BCUT2D eigenvalue weighted by molar-refractivity contribution is 0.304. The molecular weight excluding hydrogens is 436 g/mol. The molecule has 2 fully saturated rings. The van der Waals surface area contributed by atoms with Gasteiger partial charge in [0.1, 0.15) is 5.65 Å². The zero-order chi connectivity index (χ0) is 22.5. The second kappa shape index (κ2) is 6.48. The molecule has 0 radical (unpaired) electrons. The fourth-order valence-electron chi connectivity index (χ4n) is 6.16. The second-order valence-electron chi connectivity index (χ2n) is 9.98. The molecule has 5 aromatic rings. The highest BCUT2D eigenvalue weighted by atomic mass is 35.5. The van der Waals surface area contributed by atoms with Crippen molar-refractivity contribution in [3.8, 4) is 11.1 Å². The van der Waals surface area contributed by atoms with Gasteiger partial charge in [0.2, 0.25) is 5.95 Å². The van der Waals surface area contributed by atoms with Crippen molar-refractivity contribution < 1.29 is 0 Å². The van der Waals surface area contributed by atoms with E-state index in [1.165, 1.54) is 0 Å². The summed E-state index contributed by atoms with van der Waals surface area (Å²) < 4.78 is 3.91. The fraction of sp³-hybridized carbons (Fsp3) is 0.375. The van der Waals surface area contributed by atoms with Gasteiger partial charge in [0.25, 0.3) is 0 Å². The number of aromatic amines is 1. The lowest BCUT2D eigenvalue weighted by atomic mass is 9.86. The predicted octanol–water partition coefficient (Wildman–Crippen LogP) is 4.27. The van der Waals surface area contributed by atoms with Gasteiger partial charge in [0.05, 0.1) is 15.9 Å². The van der Waals surface area contributed by atoms with E-state index < -0.39 is 0 Å². The number of halogens is 1. The Hall–Kier alpha value is -3.10. The van der Waals surface area contributed by atoms with Crippen molar-refractivity contribution >= 4 is 45.1 Å². The first-order valence-corrected chi connectivity index (χ1v) is 11.8. The number of H-pyrrole nitrogens is 1. The van der Waals surface area contributed by atoms with Crippen molar-refractivity contribution in [2.45, 2.75) is 50.2 Å². The largest absolute Gasteiger partial charge is 0.345 e. The van der Waals surface area contributed by atoms with E-state index in [9.17, 15) is 0 Å². The Labute approximate surface area is 195 Å². The molecule has 33 heavy (non-hydrogen) atoms. The number of nitrogens with zero attached hydrogens (tertiary/aromatic N) is 6. The third-order valence-corrected chi connectivity index (χ3v) is 7.84. The molecule has 2 bridgehead atoms. The number of benzene rings is 1. The number of nitrogens with two attached hydrogens (primary N) is 1. The van der Waals surface area contributed by atoms with Gasteiger partial charge >= 0.3 is 0 Å². The van der Waals surface area contributed by atoms with Gasteiger partial charge in [-0.15, -0.1) is 0 Å². The second-order valence-corrected chi connectivity index (χ2v) is 10.4. The van der Waals surface area contributed by atoms with Gasteiger partial charge in [0, 0.05) is 66.0 Å². The molecule has 3 atom stereocenters. The maximum atomic E-state index is 6.86. The minimum atomic E-state index is -0.109. The van der Waals surface area contributed by atoms with Gasteiger partial charge in [0.15, 0.2) is 5.65 Å². The highest BCUT2D eigenvalue weighted by Crippen LogP contribution is 2.44. The van der Waals surface area contributed by atoms with Gasteiger partial charge in [-0.1, -0.05) is 17.7 Å². The number of hydrogen-bond donors (Lipinski definition) is 2. The number of fused-ring (bicyclic) bond motifs is 6. The molecule has 8 nitrogen and oxygen atoms in total. The summed E-state index contributed by atoms with van der Waals surface area (Å²) in [6.07, 6.45) is 12.1. The van der Waals surface area contributed by atoms with Crippen LogP contribution in [0.15, 0.2) is 36.9 Å². The average molecular weight is 461 g/mol. The minimum Gasteiger partial charge on any atom is -0.345 e. The van der Waals surface area contributed by atoms with Crippen LogP contribution in [0.2, 0.25) is 5.02 Å². The van der Waals surface area contributed by atoms with Crippen LogP contribution in [0.4, 0.5) is 5.95 Å². The fourth-order valence-corrected chi connectivity index (χ4v) is 6.47. The standard InChI is InChI=1S/C24H25ClN8/c1-24(26)9-13-3-4-14(10-24)33(13)23-29-21-19(22-27-7-8-32(22)23)16(11-28-21)15-5-6-18-17(20(15)25)12-31(2)30-18/h5-8,11-14,28H,3-4,9-10,26H2,1-2H3/t13-,14+,24?. The van der Waals surface area contributed by atoms with Crippen LogP contribution in [0.1, 0.15) is 32.6 Å². The predicted molar refractivity (Wildman–Crippen MR) is 131 cm³/mol. The highest BCUT2D eigenvalue weighted by molar-refractivity contribution is 6.38. The molecule has 2 aliphatic heterocycles. The molecule has 168 valence electrons. The molecule has 3 N–H and O–H groups in total. The van der Waals surface area contributed by atoms with E-state index in [4.69, 9.17) is 27.3 Å². The maximum absolute atomic E-state index is 6.86. The molecular formula is C24H25ClN8. The van der Waals surface area contributed by atoms with Crippen molar-refractivity contribution in [3.05, 3.63) is 41.9 Å². The Bertz CT molecular complexity index is 1540. The van der Waals surface area contributed by atoms with Crippen LogP contribution < -0.4 is 10.6 Å². The summed E-state index contributed by atoms with van der Waals surface area (Å²) in [5, 5.41) is 7.07. The lowest BCUT2D eigenvalue weighted by Crippen LogP contribution is -2.54. The van der Waals surface area contributed by atoms with Gasteiger partial charge in [-0.05, 0) is 38.7 Å². The molecule has 1 unspecified atom stereocenters. The van der Waals surface area contributed by atoms with Gasteiger partial charge in [-0.25, -0.2) is 4.98 Å². The number of rotatable bonds is 2. The summed E-state index contributed by atoms with van der Waals surface area (Å²) in [6, 6.07) is 4.85. The summed E-state index contributed by atoms with van der Waals surface area (Å²) in [4.78, 5) is 15.8. The zero-order valence-corrected chi connectivity index (χ0v) is 19.3. The minimum absolute atomic E-state index is 0.109. The van der Waals surface area contributed by atoms with E-state index in [0.29, 0.717) is 17.1 Å². The molecule has 0 saturated carbocycles. The molecule has 2 aliphatic rings. The topological polar surface area (TPSA) is 93.1 Å². The van der Waals surface area contributed by atoms with E-state index in [0.717, 1.165) is 70.3 Å². The first kappa shape index (κ1) is 19.4. The van der Waals surface area contributed by atoms with E-state index in [1.807, 2.05) is 44.0 Å². The van der Waals surface area contributed by atoms with Crippen LogP contribution in [-0.4, -0.2) is 46.8 Å². The van der Waals surface area contributed by atoms with Gasteiger partial charge in [-0.3, -0.25) is 9.08 Å². The smallest absolute Gasteiger partial charge is 0.213 e. The molecule has 9 heteroatoms. The van der Waals surface area contributed by atoms with E-state index in [2.05, 4.69) is 26.3 Å². The molecule has 0 spiro atoms. The normalized spacial score (nSPS) is 25.2. The van der Waals surface area contributed by atoms with E-state index in [1.54, 1.807) is 4.68 Å².